The van der Waals surface area contributed by atoms with Gasteiger partial charge in [0, 0.05) is 42.0 Å². The highest BCUT2D eigenvalue weighted by atomic mass is 16.6. The molecule has 0 bridgehead atoms. The molecule has 1 unspecified atom stereocenters. The van der Waals surface area contributed by atoms with Crippen LogP contribution in [0.25, 0.3) is 22.2 Å². The van der Waals surface area contributed by atoms with Gasteiger partial charge in [0.15, 0.2) is 5.75 Å². The zero-order valence-corrected chi connectivity index (χ0v) is 20.2. The average Bonchev–Trinajstić information content (AvgIpc) is 3.45. The Morgan fingerprint density at radius 1 is 1.22 bits per heavy atom. The van der Waals surface area contributed by atoms with E-state index in [0.29, 0.717) is 41.0 Å². The molecule has 0 saturated carbocycles. The van der Waals surface area contributed by atoms with Crippen molar-refractivity contribution in [3.05, 3.63) is 54.4 Å². The Balaban J connectivity index is 1.47. The summed E-state index contributed by atoms with van der Waals surface area (Å²) in [6, 6.07) is 13.6. The molecule has 1 saturated heterocycles. The van der Waals surface area contributed by atoms with Crippen molar-refractivity contribution in [2.24, 2.45) is 12.9 Å². The molecule has 2 aromatic carbocycles. The van der Waals surface area contributed by atoms with Gasteiger partial charge in [-0.05, 0) is 56.8 Å². The molecule has 1 aliphatic heterocycles. The average molecular weight is 485 g/mol. The molecule has 4 aromatic rings. The number of benzene rings is 2. The van der Waals surface area contributed by atoms with Crippen molar-refractivity contribution < 1.29 is 9.57 Å². The van der Waals surface area contributed by atoms with Crippen LogP contribution in [-0.4, -0.2) is 45.7 Å². The standard InChI is InChI=1S/C26H28N8O2/c1-33-9-3-4-18(33)15-35-19-6-7-20-21(14-34(2)23(20)11-19)25-16(12-27)13-30-26(32-25)31-22-10-17(28)5-8-24(22)36-29/h5-8,10-11,13-14,18H,3-4,9,15,28-29H2,1-2H3,(H,30,31,32). The second kappa shape index (κ2) is 9.73. The number of nitrogens with zero attached hydrogens (tertiary/aromatic N) is 5. The summed E-state index contributed by atoms with van der Waals surface area (Å²) < 4.78 is 8.13. The molecule has 0 radical (unpaired) electrons. The van der Waals surface area contributed by atoms with Gasteiger partial charge in [-0.25, -0.2) is 9.97 Å². The number of likely N-dealkylation sites (tertiary alicyclic amines) is 1. The third-order valence-corrected chi connectivity index (χ3v) is 6.62. The maximum atomic E-state index is 9.76. The molecule has 10 heteroatoms. The van der Waals surface area contributed by atoms with Crippen molar-refractivity contribution in [3.8, 4) is 28.8 Å². The fraction of sp³-hybridized carbons (Fsp3) is 0.269. The lowest BCUT2D eigenvalue weighted by atomic mass is 10.1. The van der Waals surface area contributed by atoms with Gasteiger partial charge in [-0.3, -0.25) is 0 Å². The third kappa shape index (κ3) is 4.49. The first-order valence-electron chi connectivity index (χ1n) is 11.7. The lowest BCUT2D eigenvalue weighted by Gasteiger charge is -2.19. The summed E-state index contributed by atoms with van der Waals surface area (Å²) >= 11 is 0. The number of fused-ring (bicyclic) bond motifs is 1. The fourth-order valence-electron chi connectivity index (χ4n) is 4.62. The van der Waals surface area contributed by atoms with E-state index in [0.717, 1.165) is 35.2 Å². The number of rotatable bonds is 7. The molecule has 1 aliphatic rings. The predicted molar refractivity (Wildman–Crippen MR) is 139 cm³/mol. The van der Waals surface area contributed by atoms with Crippen molar-refractivity contribution >= 4 is 28.2 Å². The molecule has 0 amide bonds. The van der Waals surface area contributed by atoms with Gasteiger partial charge in [-0.15, -0.1) is 0 Å². The number of aromatic nitrogens is 3. The highest BCUT2D eigenvalue weighted by Crippen LogP contribution is 2.35. The fourth-order valence-corrected chi connectivity index (χ4v) is 4.62. The third-order valence-electron chi connectivity index (χ3n) is 6.62. The molecule has 36 heavy (non-hydrogen) atoms. The number of anilines is 3. The van der Waals surface area contributed by atoms with Gasteiger partial charge < -0.3 is 30.1 Å². The van der Waals surface area contributed by atoms with E-state index in [4.69, 9.17) is 21.2 Å². The highest BCUT2D eigenvalue weighted by Gasteiger charge is 2.22. The number of likely N-dealkylation sites (N-methyl/N-ethyl adjacent to an activating group) is 1. The van der Waals surface area contributed by atoms with E-state index in [1.54, 1.807) is 18.2 Å². The summed E-state index contributed by atoms with van der Waals surface area (Å²) in [6.07, 6.45) is 5.82. The van der Waals surface area contributed by atoms with Gasteiger partial charge in [0.1, 0.15) is 18.4 Å². The van der Waals surface area contributed by atoms with E-state index in [1.165, 1.54) is 12.6 Å². The Labute approximate surface area is 209 Å². The Hall–Kier alpha value is -4.33. The minimum atomic E-state index is 0.283. The first-order valence-corrected chi connectivity index (χ1v) is 11.7. The van der Waals surface area contributed by atoms with Gasteiger partial charge in [0.2, 0.25) is 5.95 Å². The van der Waals surface area contributed by atoms with Crippen LogP contribution in [0.3, 0.4) is 0 Å². The zero-order chi connectivity index (χ0) is 25.2. The summed E-state index contributed by atoms with van der Waals surface area (Å²) in [5.74, 6) is 6.87. The first-order chi connectivity index (χ1) is 17.5. The second-order valence-corrected chi connectivity index (χ2v) is 8.99. The maximum absolute atomic E-state index is 9.76. The lowest BCUT2D eigenvalue weighted by molar-refractivity contribution is 0.198. The molecule has 2 aromatic heterocycles. The SMILES string of the molecule is CN1CCCC1COc1ccc2c(-c3nc(Nc4cc(N)ccc4ON)ncc3C#N)cn(C)c2c1. The van der Waals surface area contributed by atoms with Crippen molar-refractivity contribution in [2.45, 2.75) is 18.9 Å². The Kier molecular flexibility index (Phi) is 6.33. The quantitative estimate of drug-likeness (QED) is 0.265. The van der Waals surface area contributed by atoms with Crippen molar-refractivity contribution in [3.63, 3.8) is 0 Å². The van der Waals surface area contributed by atoms with Gasteiger partial charge >= 0.3 is 0 Å². The van der Waals surface area contributed by atoms with Crippen LogP contribution in [0.4, 0.5) is 17.3 Å². The van der Waals surface area contributed by atoms with Crippen LogP contribution >= 0.6 is 0 Å². The maximum Gasteiger partial charge on any atom is 0.227 e. The molecule has 3 heterocycles. The molecule has 184 valence electrons. The largest absolute Gasteiger partial charge is 0.492 e. The van der Waals surface area contributed by atoms with Crippen molar-refractivity contribution in [2.75, 3.05) is 31.2 Å². The molecule has 0 aliphatic carbocycles. The normalized spacial score (nSPS) is 15.7. The molecule has 1 fully saturated rings. The van der Waals surface area contributed by atoms with Gasteiger partial charge in [0.05, 0.1) is 28.7 Å². The second-order valence-electron chi connectivity index (χ2n) is 8.99. The minimum Gasteiger partial charge on any atom is -0.492 e. The number of hydrogen-bond donors (Lipinski definition) is 3. The molecule has 0 spiro atoms. The van der Waals surface area contributed by atoms with Gasteiger partial charge in [0.25, 0.3) is 0 Å². The van der Waals surface area contributed by atoms with Crippen LogP contribution in [0.1, 0.15) is 18.4 Å². The Bertz CT molecular complexity index is 1460. The highest BCUT2D eigenvalue weighted by molar-refractivity contribution is 5.97. The minimum absolute atomic E-state index is 0.283. The molecule has 5 rings (SSSR count). The number of ether oxygens (including phenoxy) is 1. The summed E-state index contributed by atoms with van der Waals surface area (Å²) in [5.41, 5.74) is 9.62. The predicted octanol–water partition coefficient (Wildman–Crippen LogP) is 3.56. The van der Waals surface area contributed by atoms with Crippen LogP contribution < -0.4 is 26.5 Å². The number of nitrogen functional groups attached to an aromatic ring is 1. The molecular formula is C26H28N8O2. The van der Waals surface area contributed by atoms with Gasteiger partial charge in [-0.1, -0.05) is 0 Å². The molecule has 5 N–H and O–H groups in total. The number of nitrogens with two attached hydrogens (primary N) is 2. The van der Waals surface area contributed by atoms with E-state index < -0.39 is 0 Å². The van der Waals surface area contributed by atoms with Crippen molar-refractivity contribution in [1.29, 1.82) is 5.26 Å². The topological polar surface area (TPSA) is 140 Å². The van der Waals surface area contributed by atoms with Crippen LogP contribution in [0.15, 0.2) is 48.8 Å². The number of nitrogens with one attached hydrogen (secondary N) is 1. The van der Waals surface area contributed by atoms with E-state index in [2.05, 4.69) is 33.3 Å². The summed E-state index contributed by atoms with van der Waals surface area (Å²) in [5, 5.41) is 13.8. The Morgan fingerprint density at radius 2 is 2.08 bits per heavy atom. The van der Waals surface area contributed by atoms with Crippen LogP contribution in [0.5, 0.6) is 11.5 Å². The van der Waals surface area contributed by atoms with E-state index >= 15 is 0 Å². The molecule has 1 atom stereocenters. The smallest absolute Gasteiger partial charge is 0.227 e. The lowest BCUT2D eigenvalue weighted by Crippen LogP contribution is -2.30. The molecular weight excluding hydrogens is 456 g/mol. The summed E-state index contributed by atoms with van der Waals surface area (Å²) in [6.45, 7) is 1.78. The summed E-state index contributed by atoms with van der Waals surface area (Å²) in [7, 11) is 4.10. The van der Waals surface area contributed by atoms with E-state index in [9.17, 15) is 5.26 Å². The zero-order valence-electron chi connectivity index (χ0n) is 20.2. The van der Waals surface area contributed by atoms with Crippen LogP contribution in [-0.2, 0) is 7.05 Å². The van der Waals surface area contributed by atoms with E-state index in [-0.39, 0.29) is 5.95 Å². The summed E-state index contributed by atoms with van der Waals surface area (Å²) in [4.78, 5) is 16.2. The van der Waals surface area contributed by atoms with Gasteiger partial charge in [-0.2, -0.15) is 11.2 Å². The first kappa shape index (κ1) is 23.4. The van der Waals surface area contributed by atoms with E-state index in [1.807, 2.05) is 36.0 Å². The Morgan fingerprint density at radius 3 is 2.83 bits per heavy atom. The van der Waals surface area contributed by atoms with Crippen LogP contribution in [0.2, 0.25) is 0 Å². The number of hydrogen-bond acceptors (Lipinski definition) is 9. The molecule has 10 nitrogen and oxygen atoms in total. The monoisotopic (exact) mass is 484 g/mol. The van der Waals surface area contributed by atoms with Crippen LogP contribution in [0, 0.1) is 11.3 Å². The van der Waals surface area contributed by atoms with Crippen molar-refractivity contribution in [1.82, 2.24) is 19.4 Å². The number of nitriles is 1. The number of aryl methyl sites for hydroxylation is 1.